The van der Waals surface area contributed by atoms with Gasteiger partial charge in [0.25, 0.3) is 0 Å². The zero-order valence-electron chi connectivity index (χ0n) is 11.6. The molecule has 1 N–H and O–H groups in total. The number of rotatable bonds is 7. The van der Waals surface area contributed by atoms with Gasteiger partial charge in [-0.3, -0.25) is 4.90 Å². The molecule has 2 heteroatoms. The lowest BCUT2D eigenvalue weighted by Gasteiger charge is -2.32. The zero-order chi connectivity index (χ0) is 12.0. The van der Waals surface area contributed by atoms with E-state index in [2.05, 4.69) is 37.9 Å². The summed E-state index contributed by atoms with van der Waals surface area (Å²) in [4.78, 5) is 2.70. The third-order valence-electron chi connectivity index (χ3n) is 3.70. The van der Waals surface area contributed by atoms with Gasteiger partial charge >= 0.3 is 0 Å². The van der Waals surface area contributed by atoms with E-state index in [9.17, 15) is 0 Å². The van der Waals surface area contributed by atoms with Gasteiger partial charge in [-0.25, -0.2) is 0 Å². The monoisotopic (exact) mass is 226 g/mol. The minimum absolute atomic E-state index is 0.704. The minimum atomic E-state index is 0.704. The van der Waals surface area contributed by atoms with Crippen LogP contribution in [0.2, 0.25) is 0 Å². The fourth-order valence-corrected chi connectivity index (χ4v) is 2.91. The van der Waals surface area contributed by atoms with Crippen LogP contribution < -0.4 is 5.32 Å². The molecule has 0 aliphatic heterocycles. The van der Waals surface area contributed by atoms with Crippen molar-refractivity contribution in [1.29, 1.82) is 0 Å². The van der Waals surface area contributed by atoms with E-state index < -0.39 is 0 Å². The van der Waals surface area contributed by atoms with Crippen LogP contribution >= 0.6 is 0 Å². The highest BCUT2D eigenvalue weighted by Gasteiger charge is 2.29. The largest absolute Gasteiger partial charge is 0.314 e. The molecule has 16 heavy (non-hydrogen) atoms. The Labute approximate surface area is 102 Å². The summed E-state index contributed by atoms with van der Waals surface area (Å²) in [5, 5.41) is 3.67. The number of hydrogen-bond donors (Lipinski definition) is 1. The Balaban J connectivity index is 2.37. The lowest BCUT2D eigenvalue weighted by Crippen LogP contribution is -2.40. The van der Waals surface area contributed by atoms with Crippen molar-refractivity contribution in [3.05, 3.63) is 0 Å². The average Bonchev–Trinajstić information content (AvgIpc) is 2.70. The van der Waals surface area contributed by atoms with Crippen LogP contribution in [0.1, 0.15) is 59.8 Å². The van der Waals surface area contributed by atoms with Gasteiger partial charge in [-0.15, -0.1) is 0 Å². The summed E-state index contributed by atoms with van der Waals surface area (Å²) in [6.07, 6.45) is 6.65. The predicted octanol–water partition coefficient (Wildman–Crippen LogP) is 3.03. The molecule has 0 amide bonds. The minimum Gasteiger partial charge on any atom is -0.314 e. The van der Waals surface area contributed by atoms with E-state index in [1.807, 2.05) is 0 Å². The van der Waals surface area contributed by atoms with E-state index in [1.165, 1.54) is 45.2 Å². The Morgan fingerprint density at radius 2 is 1.94 bits per heavy atom. The lowest BCUT2D eigenvalue weighted by atomic mass is 10.1. The van der Waals surface area contributed by atoms with Gasteiger partial charge in [0.2, 0.25) is 0 Å². The summed E-state index contributed by atoms with van der Waals surface area (Å²) in [5.41, 5.74) is 0. The van der Waals surface area contributed by atoms with E-state index in [4.69, 9.17) is 0 Å². The molecule has 0 aromatic carbocycles. The molecule has 1 aliphatic rings. The Bertz CT molecular complexity index is 180. The highest BCUT2D eigenvalue weighted by Crippen LogP contribution is 2.25. The normalized spacial score (nSPS) is 25.9. The highest BCUT2D eigenvalue weighted by molar-refractivity contribution is 4.87. The molecule has 0 heterocycles. The van der Waals surface area contributed by atoms with Crippen molar-refractivity contribution in [3.8, 4) is 0 Å². The van der Waals surface area contributed by atoms with Gasteiger partial charge in [-0.1, -0.05) is 13.8 Å². The van der Waals surface area contributed by atoms with E-state index >= 15 is 0 Å². The predicted molar refractivity (Wildman–Crippen MR) is 71.9 cm³/mol. The molecule has 0 spiro atoms. The van der Waals surface area contributed by atoms with Crippen LogP contribution in [0, 0.1) is 0 Å². The maximum Gasteiger partial charge on any atom is 0.0113 e. The number of hydrogen-bond acceptors (Lipinski definition) is 2. The second-order valence-corrected chi connectivity index (χ2v) is 5.45. The van der Waals surface area contributed by atoms with Crippen LogP contribution in [-0.4, -0.2) is 36.1 Å². The van der Waals surface area contributed by atoms with Crippen molar-refractivity contribution in [2.45, 2.75) is 77.9 Å². The third-order valence-corrected chi connectivity index (χ3v) is 3.70. The molecule has 2 unspecified atom stereocenters. The first-order valence-corrected chi connectivity index (χ1v) is 7.18. The Kier molecular flexibility index (Phi) is 6.37. The molecule has 0 radical (unpaired) electrons. The van der Waals surface area contributed by atoms with Crippen molar-refractivity contribution < 1.29 is 0 Å². The molecule has 0 saturated heterocycles. The molecule has 1 fully saturated rings. The number of nitrogens with one attached hydrogen (secondary N) is 1. The molecule has 2 nitrogen and oxygen atoms in total. The van der Waals surface area contributed by atoms with E-state index in [0.29, 0.717) is 6.04 Å². The first-order valence-electron chi connectivity index (χ1n) is 7.18. The smallest absolute Gasteiger partial charge is 0.0113 e. The summed E-state index contributed by atoms with van der Waals surface area (Å²) in [7, 11) is 0. The van der Waals surface area contributed by atoms with Crippen molar-refractivity contribution in [2.24, 2.45) is 0 Å². The Morgan fingerprint density at radius 1 is 1.19 bits per heavy atom. The molecule has 96 valence electrons. The Hall–Kier alpha value is -0.0800. The van der Waals surface area contributed by atoms with Crippen molar-refractivity contribution in [3.63, 3.8) is 0 Å². The SMILES string of the molecule is CCCNC1CCC(N(CCC)C(C)C)C1. The van der Waals surface area contributed by atoms with Crippen LogP contribution in [0.5, 0.6) is 0 Å². The number of nitrogens with zero attached hydrogens (tertiary/aromatic N) is 1. The van der Waals surface area contributed by atoms with E-state index in [0.717, 1.165) is 12.1 Å². The summed E-state index contributed by atoms with van der Waals surface area (Å²) in [6, 6.07) is 2.31. The molecular weight excluding hydrogens is 196 g/mol. The third kappa shape index (κ3) is 4.06. The summed E-state index contributed by atoms with van der Waals surface area (Å²) >= 11 is 0. The van der Waals surface area contributed by atoms with Gasteiger partial charge in [0.15, 0.2) is 0 Å². The van der Waals surface area contributed by atoms with E-state index in [1.54, 1.807) is 0 Å². The van der Waals surface area contributed by atoms with Gasteiger partial charge in [0.1, 0.15) is 0 Å². The zero-order valence-corrected chi connectivity index (χ0v) is 11.6. The van der Waals surface area contributed by atoms with E-state index in [-0.39, 0.29) is 0 Å². The second-order valence-electron chi connectivity index (χ2n) is 5.45. The van der Waals surface area contributed by atoms with Gasteiger partial charge in [-0.05, 0) is 59.0 Å². The maximum absolute atomic E-state index is 3.67. The van der Waals surface area contributed by atoms with Crippen LogP contribution in [0.15, 0.2) is 0 Å². The molecule has 0 bridgehead atoms. The first-order chi connectivity index (χ1) is 7.69. The quantitative estimate of drug-likeness (QED) is 0.718. The van der Waals surface area contributed by atoms with Crippen LogP contribution in [0.25, 0.3) is 0 Å². The molecule has 1 rings (SSSR count). The first kappa shape index (κ1) is 14.0. The van der Waals surface area contributed by atoms with Crippen LogP contribution in [0.3, 0.4) is 0 Å². The summed E-state index contributed by atoms with van der Waals surface area (Å²) in [6.45, 7) is 11.7. The average molecular weight is 226 g/mol. The van der Waals surface area contributed by atoms with Crippen molar-refractivity contribution in [1.82, 2.24) is 10.2 Å². The topological polar surface area (TPSA) is 15.3 Å². The molecule has 1 aliphatic carbocycles. The van der Waals surface area contributed by atoms with Crippen LogP contribution in [0.4, 0.5) is 0 Å². The fraction of sp³-hybridized carbons (Fsp3) is 1.00. The van der Waals surface area contributed by atoms with Gasteiger partial charge in [0, 0.05) is 18.1 Å². The Morgan fingerprint density at radius 3 is 2.50 bits per heavy atom. The lowest BCUT2D eigenvalue weighted by molar-refractivity contribution is 0.153. The fourth-order valence-electron chi connectivity index (χ4n) is 2.91. The van der Waals surface area contributed by atoms with Crippen LogP contribution in [-0.2, 0) is 0 Å². The molecule has 0 aromatic heterocycles. The highest BCUT2D eigenvalue weighted by atomic mass is 15.2. The molecule has 0 aromatic rings. The van der Waals surface area contributed by atoms with Crippen molar-refractivity contribution in [2.75, 3.05) is 13.1 Å². The van der Waals surface area contributed by atoms with Gasteiger partial charge < -0.3 is 5.32 Å². The van der Waals surface area contributed by atoms with Gasteiger partial charge in [-0.2, -0.15) is 0 Å². The van der Waals surface area contributed by atoms with Gasteiger partial charge in [0.05, 0.1) is 0 Å². The molecular formula is C14H30N2. The maximum atomic E-state index is 3.67. The second kappa shape index (κ2) is 7.29. The summed E-state index contributed by atoms with van der Waals surface area (Å²) in [5.74, 6) is 0. The van der Waals surface area contributed by atoms with Crippen molar-refractivity contribution >= 4 is 0 Å². The standard InChI is InChI=1S/C14H30N2/c1-5-9-15-13-7-8-14(11-13)16(10-6-2)12(3)4/h12-15H,5-11H2,1-4H3. The molecule has 2 atom stereocenters. The summed E-state index contributed by atoms with van der Waals surface area (Å²) < 4.78 is 0. The molecule has 1 saturated carbocycles.